The Balaban J connectivity index is 2.01. The minimum Gasteiger partial charge on any atom is -0.379 e. The van der Waals surface area contributed by atoms with Crippen molar-refractivity contribution in [3.8, 4) is 0 Å². The van der Waals surface area contributed by atoms with Gasteiger partial charge in [0.25, 0.3) is 0 Å². The summed E-state index contributed by atoms with van der Waals surface area (Å²) in [5.41, 5.74) is 0. The van der Waals surface area contributed by atoms with E-state index in [1.165, 1.54) is 0 Å². The summed E-state index contributed by atoms with van der Waals surface area (Å²) < 4.78 is 5.51. The summed E-state index contributed by atoms with van der Waals surface area (Å²) in [5.74, 6) is 1.17. The smallest absolute Gasteiger partial charge is 0.226 e. The Hall–Kier alpha value is -0.570. The monoisotopic (exact) mass is 197 g/mol. The van der Waals surface area contributed by atoms with E-state index in [-0.39, 0.29) is 6.04 Å². The third-order valence-corrected chi connectivity index (χ3v) is 3.01. The van der Waals surface area contributed by atoms with Gasteiger partial charge in [-0.3, -0.25) is 4.79 Å². The van der Waals surface area contributed by atoms with E-state index >= 15 is 0 Å². The van der Waals surface area contributed by atoms with Gasteiger partial charge in [0.2, 0.25) is 5.91 Å². The summed E-state index contributed by atoms with van der Waals surface area (Å²) >= 11 is 0. The molecule has 2 rings (SSSR count). The zero-order valence-corrected chi connectivity index (χ0v) is 9.03. The predicted octanol–water partition coefficient (Wildman–Crippen LogP) is 1.28. The number of ether oxygens (including phenoxy) is 1. The molecule has 2 atom stereocenters. The van der Waals surface area contributed by atoms with Crippen LogP contribution in [0.2, 0.25) is 0 Å². The van der Waals surface area contributed by atoms with Gasteiger partial charge in [0.1, 0.15) is 0 Å². The Kier molecular flexibility index (Phi) is 2.77. The molecule has 0 spiro atoms. The van der Waals surface area contributed by atoms with Crippen LogP contribution in [-0.4, -0.2) is 36.6 Å². The molecule has 0 bridgehead atoms. The largest absolute Gasteiger partial charge is 0.379 e. The quantitative estimate of drug-likeness (QED) is 0.633. The Morgan fingerprint density at radius 1 is 1.29 bits per heavy atom. The molecule has 2 fully saturated rings. The van der Waals surface area contributed by atoms with E-state index < -0.39 is 0 Å². The van der Waals surface area contributed by atoms with Gasteiger partial charge < -0.3 is 9.64 Å². The highest BCUT2D eigenvalue weighted by Crippen LogP contribution is 2.32. The normalized spacial score (nSPS) is 34.0. The molecule has 80 valence electrons. The molecule has 3 heteroatoms. The molecule has 1 heterocycles. The van der Waals surface area contributed by atoms with Crippen molar-refractivity contribution in [2.75, 3.05) is 19.8 Å². The van der Waals surface area contributed by atoms with E-state index in [1.807, 2.05) is 4.90 Å². The van der Waals surface area contributed by atoms with Gasteiger partial charge in [0, 0.05) is 12.5 Å². The van der Waals surface area contributed by atoms with Crippen LogP contribution in [0.4, 0.5) is 0 Å². The van der Waals surface area contributed by atoms with Gasteiger partial charge in [-0.05, 0) is 25.7 Å². The van der Waals surface area contributed by atoms with Gasteiger partial charge in [-0.15, -0.1) is 0 Å². The van der Waals surface area contributed by atoms with Crippen LogP contribution in [0.25, 0.3) is 0 Å². The fourth-order valence-electron chi connectivity index (χ4n) is 1.97. The molecular weight excluding hydrogens is 178 g/mol. The number of amides is 1. The maximum atomic E-state index is 11.9. The van der Waals surface area contributed by atoms with Crippen LogP contribution < -0.4 is 0 Å². The summed E-state index contributed by atoms with van der Waals surface area (Å²) in [5, 5.41) is 0. The van der Waals surface area contributed by atoms with Gasteiger partial charge in [0.05, 0.1) is 19.3 Å². The van der Waals surface area contributed by atoms with Crippen LogP contribution in [0.15, 0.2) is 0 Å². The summed E-state index contributed by atoms with van der Waals surface area (Å²) in [6, 6.07) is 0.257. The number of nitrogens with zero attached hydrogens (tertiary/aromatic N) is 1. The van der Waals surface area contributed by atoms with Gasteiger partial charge in [-0.1, -0.05) is 6.92 Å². The fraction of sp³-hybridized carbons (Fsp3) is 0.909. The summed E-state index contributed by atoms with van der Waals surface area (Å²) in [7, 11) is 0. The SMILES string of the molecule is CC1COC[C@H](C)N(C(=O)C2CC2)C1. The molecule has 1 saturated heterocycles. The van der Waals surface area contributed by atoms with Crippen LogP contribution in [0, 0.1) is 11.8 Å². The first-order chi connectivity index (χ1) is 6.68. The molecule has 0 aromatic carbocycles. The standard InChI is InChI=1S/C11H19NO2/c1-8-5-12(9(2)7-14-6-8)11(13)10-3-4-10/h8-10H,3-7H2,1-2H3/t8?,9-/m0/s1. The number of rotatable bonds is 1. The third kappa shape index (κ3) is 2.08. The highest BCUT2D eigenvalue weighted by molar-refractivity contribution is 5.81. The topological polar surface area (TPSA) is 29.5 Å². The molecule has 14 heavy (non-hydrogen) atoms. The van der Waals surface area contributed by atoms with E-state index in [0.717, 1.165) is 26.0 Å². The summed E-state index contributed by atoms with van der Waals surface area (Å²) in [6.45, 7) is 6.58. The second-order valence-electron chi connectivity index (χ2n) is 4.76. The highest BCUT2D eigenvalue weighted by Gasteiger charge is 2.36. The zero-order valence-electron chi connectivity index (χ0n) is 9.03. The molecule has 1 unspecified atom stereocenters. The third-order valence-electron chi connectivity index (χ3n) is 3.01. The van der Waals surface area contributed by atoms with Crippen molar-refractivity contribution in [3.05, 3.63) is 0 Å². The molecule has 1 saturated carbocycles. The van der Waals surface area contributed by atoms with Crippen molar-refractivity contribution >= 4 is 5.91 Å². The minimum atomic E-state index is 0.257. The lowest BCUT2D eigenvalue weighted by Gasteiger charge is -2.27. The zero-order chi connectivity index (χ0) is 10.1. The molecule has 0 aromatic rings. The average Bonchev–Trinajstić information content (AvgIpc) is 2.94. The van der Waals surface area contributed by atoms with Crippen LogP contribution in [0.1, 0.15) is 26.7 Å². The molecule has 3 nitrogen and oxygen atoms in total. The first kappa shape index (κ1) is 9.97. The van der Waals surface area contributed by atoms with Crippen molar-refractivity contribution < 1.29 is 9.53 Å². The molecule has 0 radical (unpaired) electrons. The fourth-order valence-corrected chi connectivity index (χ4v) is 1.97. The van der Waals surface area contributed by atoms with Crippen LogP contribution in [0.3, 0.4) is 0 Å². The average molecular weight is 197 g/mol. The lowest BCUT2D eigenvalue weighted by molar-refractivity contribution is -0.135. The van der Waals surface area contributed by atoms with E-state index in [4.69, 9.17) is 4.74 Å². The van der Waals surface area contributed by atoms with Crippen molar-refractivity contribution in [1.29, 1.82) is 0 Å². The minimum absolute atomic E-state index is 0.257. The molecule has 1 aliphatic heterocycles. The Morgan fingerprint density at radius 2 is 2.00 bits per heavy atom. The Morgan fingerprint density at radius 3 is 2.64 bits per heavy atom. The van der Waals surface area contributed by atoms with Crippen LogP contribution in [0.5, 0.6) is 0 Å². The van der Waals surface area contributed by atoms with E-state index in [2.05, 4.69) is 13.8 Å². The van der Waals surface area contributed by atoms with Crippen LogP contribution in [-0.2, 0) is 9.53 Å². The summed E-state index contributed by atoms with van der Waals surface area (Å²) in [4.78, 5) is 14.0. The second kappa shape index (κ2) is 3.89. The number of carbonyl (C=O) groups is 1. The molecular formula is C11H19NO2. The van der Waals surface area contributed by atoms with E-state index in [1.54, 1.807) is 0 Å². The van der Waals surface area contributed by atoms with Gasteiger partial charge in [-0.2, -0.15) is 0 Å². The van der Waals surface area contributed by atoms with E-state index in [0.29, 0.717) is 24.3 Å². The lowest BCUT2D eigenvalue weighted by atomic mass is 10.1. The molecule has 1 aliphatic carbocycles. The Labute approximate surface area is 85.4 Å². The van der Waals surface area contributed by atoms with Crippen molar-refractivity contribution in [3.63, 3.8) is 0 Å². The Bertz CT molecular complexity index is 225. The first-order valence-electron chi connectivity index (χ1n) is 5.56. The number of carbonyl (C=O) groups excluding carboxylic acids is 1. The second-order valence-corrected chi connectivity index (χ2v) is 4.76. The number of hydrogen-bond acceptors (Lipinski definition) is 2. The summed E-state index contributed by atoms with van der Waals surface area (Å²) in [6.07, 6.45) is 2.19. The van der Waals surface area contributed by atoms with Gasteiger partial charge in [-0.25, -0.2) is 0 Å². The molecule has 1 amide bonds. The lowest BCUT2D eigenvalue weighted by Crippen LogP contribution is -2.42. The highest BCUT2D eigenvalue weighted by atomic mass is 16.5. The predicted molar refractivity (Wildman–Crippen MR) is 53.9 cm³/mol. The maximum Gasteiger partial charge on any atom is 0.226 e. The van der Waals surface area contributed by atoms with Crippen molar-refractivity contribution in [2.45, 2.75) is 32.7 Å². The first-order valence-corrected chi connectivity index (χ1v) is 5.56. The van der Waals surface area contributed by atoms with Crippen molar-refractivity contribution in [1.82, 2.24) is 4.90 Å². The van der Waals surface area contributed by atoms with E-state index in [9.17, 15) is 4.79 Å². The van der Waals surface area contributed by atoms with Gasteiger partial charge in [0.15, 0.2) is 0 Å². The maximum absolute atomic E-state index is 11.9. The van der Waals surface area contributed by atoms with Crippen molar-refractivity contribution in [2.24, 2.45) is 11.8 Å². The molecule has 0 aromatic heterocycles. The number of hydrogen-bond donors (Lipinski definition) is 0. The molecule has 2 aliphatic rings. The van der Waals surface area contributed by atoms with Crippen LogP contribution >= 0.6 is 0 Å². The van der Waals surface area contributed by atoms with Gasteiger partial charge >= 0.3 is 0 Å². The molecule has 0 N–H and O–H groups in total.